The average Bonchev–Trinajstić information content (AvgIpc) is 2.91. The summed E-state index contributed by atoms with van der Waals surface area (Å²) in [6.07, 6.45) is 0.626. The molecule has 0 aliphatic carbocycles. The van der Waals surface area contributed by atoms with Crippen LogP contribution in [0.3, 0.4) is 0 Å². The summed E-state index contributed by atoms with van der Waals surface area (Å²) >= 11 is 0. The molecule has 1 aliphatic heterocycles. The number of rotatable bonds is 1. The van der Waals surface area contributed by atoms with Gasteiger partial charge in [0, 0.05) is 24.5 Å². The Balaban J connectivity index is 1.93. The number of hydrogen-bond donors (Lipinski definition) is 0. The van der Waals surface area contributed by atoms with Crippen LogP contribution in [0.5, 0.6) is 0 Å². The molecule has 5 heteroatoms. The first-order chi connectivity index (χ1) is 12.5. The Labute approximate surface area is 153 Å². The van der Waals surface area contributed by atoms with Gasteiger partial charge in [-0.3, -0.25) is 4.98 Å². The highest BCUT2D eigenvalue weighted by molar-refractivity contribution is 5.99. The van der Waals surface area contributed by atoms with Crippen LogP contribution in [-0.2, 0) is 17.7 Å². The molecule has 3 heterocycles. The van der Waals surface area contributed by atoms with E-state index in [0.29, 0.717) is 0 Å². The molecule has 0 N–H and O–H groups in total. The van der Waals surface area contributed by atoms with Gasteiger partial charge in [0.2, 0.25) is 0 Å². The molecule has 0 radical (unpaired) electrons. The lowest BCUT2D eigenvalue weighted by Gasteiger charge is -2.31. The molecule has 1 aliphatic rings. The van der Waals surface area contributed by atoms with E-state index in [2.05, 4.69) is 35.2 Å². The minimum absolute atomic E-state index is 0.370. The Hall–Kier alpha value is -2.82. The van der Waals surface area contributed by atoms with Gasteiger partial charge in [0.15, 0.2) is 0 Å². The topological polar surface area (TPSA) is 47.4 Å². The van der Waals surface area contributed by atoms with Crippen molar-refractivity contribution in [1.29, 1.82) is 0 Å². The number of methoxy groups -OCH3 is 1. The van der Waals surface area contributed by atoms with Crippen LogP contribution >= 0.6 is 0 Å². The Morgan fingerprint density at radius 3 is 2.62 bits per heavy atom. The van der Waals surface area contributed by atoms with E-state index in [4.69, 9.17) is 9.72 Å². The number of ether oxygens (including phenoxy) is 1. The van der Waals surface area contributed by atoms with E-state index in [9.17, 15) is 4.79 Å². The van der Waals surface area contributed by atoms with E-state index >= 15 is 0 Å². The number of carbonyl (C=O) groups is 1. The Kier molecular flexibility index (Phi) is 3.94. The molecule has 0 saturated carbocycles. The largest absolute Gasteiger partial charge is 0.452 e. The van der Waals surface area contributed by atoms with E-state index in [1.807, 2.05) is 20.8 Å². The Morgan fingerprint density at radius 1 is 1.15 bits per heavy atom. The molecule has 0 atom stereocenters. The smallest absolute Gasteiger partial charge is 0.418 e. The Morgan fingerprint density at radius 2 is 1.88 bits per heavy atom. The van der Waals surface area contributed by atoms with Crippen LogP contribution in [0.15, 0.2) is 30.3 Å². The van der Waals surface area contributed by atoms with Crippen LogP contribution in [0, 0.1) is 20.8 Å². The van der Waals surface area contributed by atoms with Crippen LogP contribution in [0.4, 0.5) is 10.5 Å². The lowest BCUT2D eigenvalue weighted by atomic mass is 9.99. The first-order valence-corrected chi connectivity index (χ1v) is 8.90. The summed E-state index contributed by atoms with van der Waals surface area (Å²) < 4.78 is 6.70. The summed E-state index contributed by atoms with van der Waals surface area (Å²) in [6, 6.07) is 10.6. The molecule has 2 aromatic heterocycles. The summed E-state index contributed by atoms with van der Waals surface area (Å²) in [4.78, 5) is 19.5. The first-order valence-electron chi connectivity index (χ1n) is 8.90. The lowest BCUT2D eigenvalue weighted by Crippen LogP contribution is -2.31. The Bertz CT molecular complexity index is 1020. The monoisotopic (exact) mass is 349 g/mol. The fraction of sp³-hybridized carbons (Fsp3) is 0.333. The summed E-state index contributed by atoms with van der Waals surface area (Å²) in [5.74, 6) is 0. The number of carbonyl (C=O) groups excluding carboxylic acids is 1. The van der Waals surface area contributed by atoms with Crippen molar-refractivity contribution in [1.82, 2.24) is 9.55 Å². The normalized spacial score (nSPS) is 13.8. The highest BCUT2D eigenvalue weighted by atomic mass is 16.5. The van der Waals surface area contributed by atoms with Crippen molar-refractivity contribution in [2.24, 2.45) is 0 Å². The molecule has 0 spiro atoms. The van der Waals surface area contributed by atoms with Gasteiger partial charge in [-0.25, -0.2) is 9.36 Å². The number of hydrogen-bond acceptors (Lipinski definition) is 4. The molecule has 134 valence electrons. The molecule has 4 rings (SSSR count). The van der Waals surface area contributed by atoms with Crippen LogP contribution in [0.25, 0.3) is 11.0 Å². The quantitative estimate of drug-likeness (QED) is 0.662. The SMILES string of the molecule is COC(=O)n1c(C)c(C)c2nc(C)cc(N3CCc4ccccc4C3)c21. The number of fused-ring (bicyclic) bond motifs is 2. The third-order valence-corrected chi connectivity index (χ3v) is 5.39. The average molecular weight is 349 g/mol. The van der Waals surface area contributed by atoms with Gasteiger partial charge in [-0.05, 0) is 49.9 Å². The predicted molar refractivity (Wildman–Crippen MR) is 103 cm³/mol. The van der Waals surface area contributed by atoms with Crippen molar-refractivity contribution in [2.45, 2.75) is 33.7 Å². The van der Waals surface area contributed by atoms with Gasteiger partial charge in [0.25, 0.3) is 0 Å². The number of aromatic nitrogens is 2. The summed E-state index contributed by atoms with van der Waals surface area (Å²) in [6.45, 7) is 7.71. The zero-order chi connectivity index (χ0) is 18.4. The van der Waals surface area contributed by atoms with Gasteiger partial charge >= 0.3 is 6.09 Å². The minimum Gasteiger partial charge on any atom is -0.452 e. The van der Waals surface area contributed by atoms with Crippen LogP contribution in [0.1, 0.15) is 28.1 Å². The highest BCUT2D eigenvalue weighted by Gasteiger charge is 2.25. The summed E-state index contributed by atoms with van der Waals surface area (Å²) in [5, 5.41) is 0. The van der Waals surface area contributed by atoms with Crippen LogP contribution in [-0.4, -0.2) is 29.3 Å². The standard InChI is InChI=1S/C21H23N3O2/c1-13-11-18(23-10-9-16-7-5-6-8-17(16)12-23)20-19(22-13)14(2)15(3)24(20)21(25)26-4/h5-8,11H,9-10,12H2,1-4H3. The number of pyridine rings is 1. The van der Waals surface area contributed by atoms with Crippen molar-refractivity contribution in [3.05, 3.63) is 58.4 Å². The second kappa shape index (κ2) is 6.16. The third-order valence-electron chi connectivity index (χ3n) is 5.39. The van der Waals surface area contributed by atoms with Gasteiger partial charge in [-0.2, -0.15) is 0 Å². The van der Waals surface area contributed by atoms with Crippen molar-refractivity contribution >= 4 is 22.8 Å². The molecule has 26 heavy (non-hydrogen) atoms. The zero-order valence-electron chi connectivity index (χ0n) is 15.7. The van der Waals surface area contributed by atoms with Gasteiger partial charge in [-0.1, -0.05) is 24.3 Å². The van der Waals surface area contributed by atoms with E-state index in [1.54, 1.807) is 4.57 Å². The highest BCUT2D eigenvalue weighted by Crippen LogP contribution is 2.35. The van der Waals surface area contributed by atoms with Gasteiger partial charge < -0.3 is 9.64 Å². The maximum atomic E-state index is 12.5. The summed E-state index contributed by atoms with van der Waals surface area (Å²) in [7, 11) is 1.42. The molecule has 0 unspecified atom stereocenters. The first kappa shape index (κ1) is 16.6. The van der Waals surface area contributed by atoms with Crippen LogP contribution < -0.4 is 4.90 Å². The number of nitrogens with zero attached hydrogens (tertiary/aromatic N) is 3. The molecule has 3 aromatic rings. The van der Waals surface area contributed by atoms with E-state index in [0.717, 1.165) is 53.2 Å². The molecule has 1 aromatic carbocycles. The van der Waals surface area contributed by atoms with Crippen molar-refractivity contribution in [3.8, 4) is 0 Å². The van der Waals surface area contributed by atoms with E-state index in [-0.39, 0.29) is 6.09 Å². The molecule has 5 nitrogen and oxygen atoms in total. The van der Waals surface area contributed by atoms with Crippen molar-refractivity contribution < 1.29 is 9.53 Å². The second-order valence-electron chi connectivity index (χ2n) is 6.94. The lowest BCUT2D eigenvalue weighted by molar-refractivity contribution is 0.173. The maximum Gasteiger partial charge on any atom is 0.418 e. The molecular weight excluding hydrogens is 326 g/mol. The zero-order valence-corrected chi connectivity index (χ0v) is 15.7. The van der Waals surface area contributed by atoms with E-state index < -0.39 is 0 Å². The van der Waals surface area contributed by atoms with Gasteiger partial charge in [-0.15, -0.1) is 0 Å². The number of anilines is 1. The fourth-order valence-electron chi connectivity index (χ4n) is 3.90. The van der Waals surface area contributed by atoms with Gasteiger partial charge in [0.1, 0.15) is 5.52 Å². The van der Waals surface area contributed by atoms with Gasteiger partial charge in [0.05, 0.1) is 18.3 Å². The van der Waals surface area contributed by atoms with Crippen LogP contribution in [0.2, 0.25) is 0 Å². The van der Waals surface area contributed by atoms with Crippen molar-refractivity contribution in [2.75, 3.05) is 18.6 Å². The third kappa shape index (κ3) is 2.46. The number of aryl methyl sites for hydroxylation is 2. The van der Waals surface area contributed by atoms with E-state index in [1.165, 1.54) is 18.2 Å². The maximum absolute atomic E-state index is 12.5. The molecule has 0 fully saturated rings. The molecular formula is C21H23N3O2. The number of benzene rings is 1. The minimum atomic E-state index is -0.370. The summed E-state index contributed by atoms with van der Waals surface area (Å²) in [5.41, 5.74) is 8.36. The molecule has 0 amide bonds. The predicted octanol–water partition coefficient (Wildman–Crippen LogP) is 4.14. The fourth-order valence-corrected chi connectivity index (χ4v) is 3.90. The molecule has 0 saturated heterocycles. The van der Waals surface area contributed by atoms with Crippen molar-refractivity contribution in [3.63, 3.8) is 0 Å². The molecule has 0 bridgehead atoms. The second-order valence-corrected chi connectivity index (χ2v) is 6.94.